The fourth-order valence-electron chi connectivity index (χ4n) is 1.18. The van der Waals surface area contributed by atoms with E-state index in [2.05, 4.69) is 15.3 Å². The van der Waals surface area contributed by atoms with Crippen LogP contribution in [0.2, 0.25) is 0 Å². The fourth-order valence-corrected chi connectivity index (χ4v) is 1.18. The van der Waals surface area contributed by atoms with E-state index in [-0.39, 0.29) is 0 Å². The second-order valence-electron chi connectivity index (χ2n) is 4.10. The Balaban J connectivity index is 2.92. The van der Waals surface area contributed by atoms with Gasteiger partial charge in [-0.05, 0) is 27.0 Å². The number of hydrogen-bond acceptors (Lipinski definition) is 5. The van der Waals surface area contributed by atoms with E-state index in [4.69, 9.17) is 5.73 Å². The van der Waals surface area contributed by atoms with E-state index in [0.717, 1.165) is 5.69 Å². The largest absolute Gasteiger partial charge is 0.384 e. The Labute approximate surface area is 89.7 Å². The third-order valence-electron chi connectivity index (χ3n) is 2.03. The maximum atomic E-state index is 9.68. The molecule has 84 valence electrons. The minimum Gasteiger partial charge on any atom is -0.384 e. The van der Waals surface area contributed by atoms with Crippen molar-refractivity contribution in [2.45, 2.75) is 25.5 Å². The highest BCUT2D eigenvalue weighted by Gasteiger charge is 2.18. The maximum Gasteiger partial charge on any atom is 0.158 e. The standard InChI is InChI=1S/C10H18N4O/c1-10(2,11)8-4-5-13-9(14-8)7(15)6-12-3/h4-5,7,12,15H,6,11H2,1-3H3. The van der Waals surface area contributed by atoms with Gasteiger partial charge in [-0.25, -0.2) is 9.97 Å². The van der Waals surface area contributed by atoms with Gasteiger partial charge in [-0.2, -0.15) is 0 Å². The van der Waals surface area contributed by atoms with Crippen molar-refractivity contribution < 1.29 is 5.11 Å². The molecule has 1 unspecified atom stereocenters. The maximum absolute atomic E-state index is 9.68. The van der Waals surface area contributed by atoms with Crippen molar-refractivity contribution in [3.8, 4) is 0 Å². The van der Waals surface area contributed by atoms with Crippen LogP contribution in [0.5, 0.6) is 0 Å². The zero-order chi connectivity index (χ0) is 11.5. The number of nitrogens with zero attached hydrogens (tertiary/aromatic N) is 2. The van der Waals surface area contributed by atoms with Crippen LogP contribution in [0.15, 0.2) is 12.3 Å². The zero-order valence-electron chi connectivity index (χ0n) is 9.36. The summed E-state index contributed by atoms with van der Waals surface area (Å²) in [6, 6.07) is 1.76. The molecule has 5 heteroatoms. The number of aromatic nitrogens is 2. The number of hydrogen-bond donors (Lipinski definition) is 3. The lowest BCUT2D eigenvalue weighted by atomic mass is 10.0. The first kappa shape index (κ1) is 12.0. The fraction of sp³-hybridized carbons (Fsp3) is 0.600. The van der Waals surface area contributed by atoms with Gasteiger partial charge in [0.2, 0.25) is 0 Å². The van der Waals surface area contributed by atoms with E-state index < -0.39 is 11.6 Å². The van der Waals surface area contributed by atoms with Crippen LogP contribution < -0.4 is 11.1 Å². The zero-order valence-corrected chi connectivity index (χ0v) is 9.36. The Hall–Kier alpha value is -1.04. The predicted molar refractivity (Wildman–Crippen MR) is 58.1 cm³/mol. The predicted octanol–water partition coefficient (Wildman–Crippen LogP) is -0.0768. The highest BCUT2D eigenvalue weighted by Crippen LogP contribution is 2.15. The minimum absolute atomic E-state index is 0.403. The smallest absolute Gasteiger partial charge is 0.158 e. The normalized spacial score (nSPS) is 13.9. The summed E-state index contributed by atoms with van der Waals surface area (Å²) in [6.07, 6.45) is 0.919. The van der Waals surface area contributed by atoms with Gasteiger partial charge in [-0.3, -0.25) is 0 Å². The SMILES string of the molecule is CNCC(O)c1nccc(C(C)(C)N)n1. The van der Waals surface area contributed by atoms with Crippen molar-refractivity contribution in [2.24, 2.45) is 5.73 Å². The van der Waals surface area contributed by atoms with Crippen LogP contribution in [-0.4, -0.2) is 28.7 Å². The third kappa shape index (κ3) is 3.23. The molecule has 1 aromatic rings. The Kier molecular flexibility index (Phi) is 3.73. The van der Waals surface area contributed by atoms with Crippen molar-refractivity contribution in [3.63, 3.8) is 0 Å². The summed E-state index contributed by atoms with van der Waals surface area (Å²) in [4.78, 5) is 8.25. The molecule has 0 radical (unpaired) electrons. The monoisotopic (exact) mass is 210 g/mol. The van der Waals surface area contributed by atoms with Crippen LogP contribution in [-0.2, 0) is 5.54 Å². The van der Waals surface area contributed by atoms with E-state index in [1.165, 1.54) is 0 Å². The van der Waals surface area contributed by atoms with Crippen LogP contribution in [0, 0.1) is 0 Å². The molecule has 0 saturated carbocycles. The van der Waals surface area contributed by atoms with Crippen molar-refractivity contribution >= 4 is 0 Å². The summed E-state index contributed by atoms with van der Waals surface area (Å²) in [5.41, 5.74) is 6.12. The molecule has 0 amide bonds. The van der Waals surface area contributed by atoms with Gasteiger partial charge in [-0.1, -0.05) is 0 Å². The van der Waals surface area contributed by atoms with Gasteiger partial charge < -0.3 is 16.2 Å². The van der Waals surface area contributed by atoms with E-state index in [0.29, 0.717) is 12.4 Å². The lowest BCUT2D eigenvalue weighted by Crippen LogP contribution is -2.31. The van der Waals surface area contributed by atoms with Crippen molar-refractivity contribution in [1.29, 1.82) is 0 Å². The van der Waals surface area contributed by atoms with Gasteiger partial charge in [0.05, 0.1) is 11.2 Å². The molecule has 15 heavy (non-hydrogen) atoms. The molecule has 1 rings (SSSR count). The van der Waals surface area contributed by atoms with Crippen LogP contribution in [0.1, 0.15) is 31.5 Å². The number of nitrogens with two attached hydrogens (primary N) is 1. The molecule has 0 aliphatic heterocycles. The number of nitrogens with one attached hydrogen (secondary N) is 1. The molecule has 1 heterocycles. The van der Waals surface area contributed by atoms with Crippen LogP contribution in [0.4, 0.5) is 0 Å². The molecule has 5 nitrogen and oxygen atoms in total. The first-order valence-electron chi connectivity index (χ1n) is 4.90. The number of likely N-dealkylation sites (N-methyl/N-ethyl adjacent to an activating group) is 1. The van der Waals surface area contributed by atoms with Gasteiger partial charge >= 0.3 is 0 Å². The molecule has 0 aliphatic rings. The molecular formula is C10H18N4O. The van der Waals surface area contributed by atoms with Gasteiger partial charge in [0.25, 0.3) is 0 Å². The summed E-state index contributed by atoms with van der Waals surface area (Å²) in [5, 5.41) is 12.5. The summed E-state index contributed by atoms with van der Waals surface area (Å²) < 4.78 is 0. The molecule has 1 aromatic heterocycles. The van der Waals surface area contributed by atoms with Gasteiger partial charge in [-0.15, -0.1) is 0 Å². The van der Waals surface area contributed by atoms with Crippen molar-refractivity contribution in [3.05, 3.63) is 23.8 Å². The molecular weight excluding hydrogens is 192 g/mol. The number of aliphatic hydroxyl groups excluding tert-OH is 1. The van der Waals surface area contributed by atoms with E-state index in [1.807, 2.05) is 13.8 Å². The van der Waals surface area contributed by atoms with Gasteiger partial charge in [0.15, 0.2) is 5.82 Å². The second kappa shape index (κ2) is 4.65. The summed E-state index contributed by atoms with van der Waals surface area (Å²) in [7, 11) is 1.76. The Bertz CT molecular complexity index is 321. The molecule has 0 aliphatic carbocycles. The average molecular weight is 210 g/mol. The average Bonchev–Trinajstić information content (AvgIpc) is 2.17. The first-order valence-corrected chi connectivity index (χ1v) is 4.90. The Morgan fingerprint density at radius 2 is 2.27 bits per heavy atom. The molecule has 0 saturated heterocycles. The molecule has 0 spiro atoms. The molecule has 0 aromatic carbocycles. The molecule has 0 fully saturated rings. The van der Waals surface area contributed by atoms with E-state index in [1.54, 1.807) is 19.3 Å². The van der Waals surface area contributed by atoms with Gasteiger partial charge in [0.1, 0.15) is 6.10 Å². The summed E-state index contributed by atoms with van der Waals surface area (Å²) in [5.74, 6) is 0.403. The van der Waals surface area contributed by atoms with Crippen LogP contribution in [0.3, 0.4) is 0 Å². The highest BCUT2D eigenvalue weighted by atomic mass is 16.3. The van der Waals surface area contributed by atoms with Crippen molar-refractivity contribution in [2.75, 3.05) is 13.6 Å². The second-order valence-corrected chi connectivity index (χ2v) is 4.10. The summed E-state index contributed by atoms with van der Waals surface area (Å²) in [6.45, 7) is 4.15. The highest BCUT2D eigenvalue weighted by molar-refractivity contribution is 5.12. The Morgan fingerprint density at radius 1 is 1.60 bits per heavy atom. The first-order chi connectivity index (χ1) is 6.95. The van der Waals surface area contributed by atoms with Crippen LogP contribution in [0.25, 0.3) is 0 Å². The molecule has 0 bridgehead atoms. The third-order valence-corrected chi connectivity index (χ3v) is 2.03. The lowest BCUT2D eigenvalue weighted by molar-refractivity contribution is 0.167. The van der Waals surface area contributed by atoms with E-state index in [9.17, 15) is 5.11 Å². The minimum atomic E-state index is -0.697. The topological polar surface area (TPSA) is 84.1 Å². The number of aliphatic hydroxyl groups is 1. The number of rotatable bonds is 4. The van der Waals surface area contributed by atoms with Gasteiger partial charge in [0, 0.05) is 12.7 Å². The molecule has 1 atom stereocenters. The lowest BCUT2D eigenvalue weighted by Gasteiger charge is -2.19. The Morgan fingerprint density at radius 3 is 2.80 bits per heavy atom. The van der Waals surface area contributed by atoms with Crippen molar-refractivity contribution in [1.82, 2.24) is 15.3 Å². The molecule has 4 N–H and O–H groups in total. The quantitative estimate of drug-likeness (QED) is 0.647. The van der Waals surface area contributed by atoms with E-state index >= 15 is 0 Å². The summed E-state index contributed by atoms with van der Waals surface area (Å²) >= 11 is 0. The van der Waals surface area contributed by atoms with Crippen LogP contribution >= 0.6 is 0 Å².